The Morgan fingerprint density at radius 1 is 1.41 bits per heavy atom. The SMILES string of the molecule is CC(Cl)CC(C)NC(=O)c1cc(Cl)cc(Br)c1. The minimum Gasteiger partial charge on any atom is -0.350 e. The van der Waals surface area contributed by atoms with Crippen molar-refractivity contribution in [3.8, 4) is 0 Å². The molecule has 1 rings (SSSR count). The van der Waals surface area contributed by atoms with E-state index in [0.29, 0.717) is 10.6 Å². The van der Waals surface area contributed by atoms with Gasteiger partial charge in [-0.25, -0.2) is 0 Å². The van der Waals surface area contributed by atoms with Gasteiger partial charge >= 0.3 is 0 Å². The predicted molar refractivity (Wildman–Crippen MR) is 76.0 cm³/mol. The van der Waals surface area contributed by atoms with Gasteiger partial charge in [-0.1, -0.05) is 27.5 Å². The number of hydrogen-bond acceptors (Lipinski definition) is 1. The number of rotatable bonds is 4. The average Bonchev–Trinajstić information content (AvgIpc) is 2.14. The van der Waals surface area contributed by atoms with Crippen LogP contribution < -0.4 is 5.32 Å². The Kier molecular flexibility index (Phi) is 5.77. The first-order valence-electron chi connectivity index (χ1n) is 5.29. The number of carbonyl (C=O) groups excluding carboxylic acids is 1. The van der Waals surface area contributed by atoms with Crippen LogP contribution in [-0.4, -0.2) is 17.3 Å². The van der Waals surface area contributed by atoms with Crippen molar-refractivity contribution >= 4 is 45.0 Å². The van der Waals surface area contributed by atoms with Crippen LogP contribution in [0.5, 0.6) is 0 Å². The fraction of sp³-hybridized carbons (Fsp3) is 0.417. The summed E-state index contributed by atoms with van der Waals surface area (Å²) in [4.78, 5) is 11.9. The Bertz CT molecular complexity index is 389. The van der Waals surface area contributed by atoms with Gasteiger partial charge in [0.2, 0.25) is 0 Å². The van der Waals surface area contributed by atoms with Gasteiger partial charge < -0.3 is 5.32 Å². The molecule has 0 aliphatic rings. The molecule has 0 aromatic heterocycles. The zero-order valence-corrected chi connectivity index (χ0v) is 12.7. The van der Waals surface area contributed by atoms with E-state index in [4.69, 9.17) is 23.2 Å². The molecule has 1 N–H and O–H groups in total. The number of amides is 1. The molecule has 1 amide bonds. The molecule has 0 spiro atoms. The van der Waals surface area contributed by atoms with Crippen LogP contribution in [0.15, 0.2) is 22.7 Å². The molecule has 17 heavy (non-hydrogen) atoms. The second-order valence-corrected chi connectivity index (χ2v) is 6.15. The summed E-state index contributed by atoms with van der Waals surface area (Å²) in [7, 11) is 0. The highest BCUT2D eigenvalue weighted by Crippen LogP contribution is 2.19. The highest BCUT2D eigenvalue weighted by Gasteiger charge is 2.12. The molecule has 0 fully saturated rings. The van der Waals surface area contributed by atoms with Crippen molar-refractivity contribution in [2.45, 2.75) is 31.7 Å². The van der Waals surface area contributed by atoms with Crippen molar-refractivity contribution in [3.05, 3.63) is 33.3 Å². The normalized spacial score (nSPS) is 14.2. The predicted octanol–water partition coefficient (Wildman–Crippen LogP) is 4.24. The van der Waals surface area contributed by atoms with Crippen LogP contribution in [0.2, 0.25) is 5.02 Å². The number of halogens is 3. The number of nitrogens with one attached hydrogen (secondary N) is 1. The van der Waals surface area contributed by atoms with Crippen LogP contribution in [0.1, 0.15) is 30.6 Å². The van der Waals surface area contributed by atoms with Crippen LogP contribution in [0.3, 0.4) is 0 Å². The maximum Gasteiger partial charge on any atom is 0.251 e. The maximum absolute atomic E-state index is 11.9. The monoisotopic (exact) mass is 337 g/mol. The molecular formula is C12H14BrCl2NO. The van der Waals surface area contributed by atoms with Gasteiger partial charge in [-0.15, -0.1) is 11.6 Å². The van der Waals surface area contributed by atoms with E-state index in [1.807, 2.05) is 13.8 Å². The van der Waals surface area contributed by atoms with E-state index >= 15 is 0 Å². The lowest BCUT2D eigenvalue weighted by atomic mass is 10.1. The molecule has 0 aliphatic heterocycles. The third-order valence-electron chi connectivity index (χ3n) is 2.18. The molecule has 0 bridgehead atoms. The number of alkyl halides is 1. The lowest BCUT2D eigenvalue weighted by Crippen LogP contribution is -2.33. The first-order valence-corrected chi connectivity index (χ1v) is 6.90. The molecule has 2 unspecified atom stereocenters. The lowest BCUT2D eigenvalue weighted by molar-refractivity contribution is 0.0938. The zero-order chi connectivity index (χ0) is 13.0. The number of carbonyl (C=O) groups is 1. The smallest absolute Gasteiger partial charge is 0.251 e. The Labute approximate surface area is 120 Å². The molecule has 0 aliphatic carbocycles. The highest BCUT2D eigenvalue weighted by molar-refractivity contribution is 9.10. The molecule has 0 heterocycles. The van der Waals surface area contributed by atoms with Gasteiger partial charge in [0.25, 0.3) is 5.91 Å². The first-order chi connectivity index (χ1) is 7.88. The number of hydrogen-bond donors (Lipinski definition) is 1. The van der Waals surface area contributed by atoms with E-state index in [1.54, 1.807) is 18.2 Å². The zero-order valence-electron chi connectivity index (χ0n) is 9.64. The van der Waals surface area contributed by atoms with Crippen LogP contribution >= 0.6 is 39.1 Å². The largest absolute Gasteiger partial charge is 0.350 e. The van der Waals surface area contributed by atoms with Gasteiger partial charge in [-0.05, 0) is 38.5 Å². The second-order valence-electron chi connectivity index (χ2n) is 4.05. The summed E-state index contributed by atoms with van der Waals surface area (Å²) in [6.45, 7) is 3.83. The molecular weight excluding hydrogens is 325 g/mol. The van der Waals surface area contributed by atoms with Gasteiger partial charge in [-0.2, -0.15) is 0 Å². The van der Waals surface area contributed by atoms with E-state index in [1.165, 1.54) is 0 Å². The van der Waals surface area contributed by atoms with Gasteiger partial charge in [0, 0.05) is 26.5 Å². The summed E-state index contributed by atoms with van der Waals surface area (Å²) in [6, 6.07) is 5.15. The van der Waals surface area contributed by atoms with Crippen LogP contribution in [0.25, 0.3) is 0 Å². The standard InChI is InChI=1S/C12H14BrCl2NO/c1-7(14)3-8(2)16-12(17)9-4-10(13)6-11(15)5-9/h4-8H,3H2,1-2H3,(H,16,17). The molecule has 94 valence electrons. The molecule has 0 saturated heterocycles. The molecule has 2 nitrogen and oxygen atoms in total. The Hall–Kier alpha value is -0.250. The summed E-state index contributed by atoms with van der Waals surface area (Å²) in [5.74, 6) is -0.141. The summed E-state index contributed by atoms with van der Waals surface area (Å²) in [5, 5.41) is 3.45. The van der Waals surface area contributed by atoms with Gasteiger partial charge in [0.15, 0.2) is 0 Å². The molecule has 1 aromatic carbocycles. The van der Waals surface area contributed by atoms with Crippen molar-refractivity contribution < 1.29 is 4.79 Å². The molecule has 0 saturated carbocycles. The summed E-state index contributed by atoms with van der Waals surface area (Å²) >= 11 is 15.1. The van der Waals surface area contributed by atoms with Crippen molar-refractivity contribution in [1.82, 2.24) is 5.32 Å². The minimum absolute atomic E-state index is 0.0350. The van der Waals surface area contributed by atoms with Gasteiger partial charge in [0.05, 0.1) is 0 Å². The van der Waals surface area contributed by atoms with E-state index in [9.17, 15) is 4.79 Å². The Morgan fingerprint density at radius 2 is 2.06 bits per heavy atom. The second kappa shape index (κ2) is 6.62. The Balaban J connectivity index is 2.69. The summed E-state index contributed by atoms with van der Waals surface area (Å²) < 4.78 is 0.786. The van der Waals surface area contributed by atoms with E-state index in [-0.39, 0.29) is 17.3 Å². The van der Waals surface area contributed by atoms with Crippen LogP contribution in [0, 0.1) is 0 Å². The van der Waals surface area contributed by atoms with Crippen molar-refractivity contribution in [3.63, 3.8) is 0 Å². The van der Waals surface area contributed by atoms with E-state index in [0.717, 1.165) is 10.9 Å². The maximum atomic E-state index is 11.9. The quantitative estimate of drug-likeness (QED) is 0.817. The van der Waals surface area contributed by atoms with Crippen molar-refractivity contribution in [1.29, 1.82) is 0 Å². The van der Waals surface area contributed by atoms with Crippen LogP contribution in [0.4, 0.5) is 0 Å². The molecule has 1 aromatic rings. The fourth-order valence-corrected chi connectivity index (χ4v) is 2.67. The van der Waals surface area contributed by atoms with Crippen LogP contribution in [-0.2, 0) is 0 Å². The first kappa shape index (κ1) is 14.8. The van der Waals surface area contributed by atoms with Crippen molar-refractivity contribution in [2.75, 3.05) is 0 Å². The van der Waals surface area contributed by atoms with Gasteiger partial charge in [0.1, 0.15) is 0 Å². The number of benzene rings is 1. The average molecular weight is 339 g/mol. The summed E-state index contributed by atoms with van der Waals surface area (Å²) in [6.07, 6.45) is 0.731. The van der Waals surface area contributed by atoms with Crippen molar-refractivity contribution in [2.24, 2.45) is 0 Å². The topological polar surface area (TPSA) is 29.1 Å². The fourth-order valence-electron chi connectivity index (χ4n) is 1.54. The molecule has 0 radical (unpaired) electrons. The Morgan fingerprint density at radius 3 is 2.59 bits per heavy atom. The third kappa shape index (κ3) is 5.28. The van der Waals surface area contributed by atoms with E-state index < -0.39 is 0 Å². The third-order valence-corrected chi connectivity index (χ3v) is 3.03. The lowest BCUT2D eigenvalue weighted by Gasteiger charge is -2.15. The minimum atomic E-state index is -0.141. The van der Waals surface area contributed by atoms with Gasteiger partial charge in [-0.3, -0.25) is 4.79 Å². The summed E-state index contributed by atoms with van der Waals surface area (Å²) in [5.41, 5.74) is 0.540. The van der Waals surface area contributed by atoms with E-state index in [2.05, 4.69) is 21.2 Å². The molecule has 2 atom stereocenters. The highest BCUT2D eigenvalue weighted by atomic mass is 79.9. The molecule has 5 heteroatoms.